The number of fused-ring (bicyclic) bond motifs is 3. The van der Waals surface area contributed by atoms with Crippen LogP contribution in [-0.4, -0.2) is 10.7 Å². The molecule has 3 aromatic rings. The molecule has 92 valence electrons. The van der Waals surface area contributed by atoms with Gasteiger partial charge in [-0.05, 0) is 18.2 Å². The molecule has 1 N–H and O–H groups in total. The van der Waals surface area contributed by atoms with Crippen LogP contribution >= 0.6 is 0 Å². The van der Waals surface area contributed by atoms with E-state index in [0.29, 0.717) is 16.7 Å². The van der Waals surface area contributed by atoms with E-state index in [1.807, 2.05) is 6.07 Å². The Morgan fingerprint density at radius 1 is 1.37 bits per heavy atom. The standard InChI is InChI=1S/C16H12N2O/c1-2-3-7-14(17)12-6-4-5-11-13-10-18-9-8-15(13)19-16(11)12/h2-10,17H,1H2/b7-3-,17-14?/i3D,7D. The molecule has 3 nitrogen and oxygen atoms in total. The summed E-state index contributed by atoms with van der Waals surface area (Å²) in [6, 6.07) is 6.90. The second kappa shape index (κ2) is 4.53. The van der Waals surface area contributed by atoms with Crippen molar-refractivity contribution in [2.75, 3.05) is 0 Å². The van der Waals surface area contributed by atoms with Gasteiger partial charge in [-0.3, -0.25) is 4.98 Å². The molecule has 0 atom stereocenters. The molecule has 3 rings (SSSR count). The number of furan rings is 1. The first-order valence-corrected chi connectivity index (χ1v) is 5.78. The number of benzene rings is 1. The van der Waals surface area contributed by atoms with Crippen molar-refractivity contribution < 1.29 is 7.16 Å². The van der Waals surface area contributed by atoms with Gasteiger partial charge in [0.2, 0.25) is 0 Å². The molecule has 0 aliphatic heterocycles. The van der Waals surface area contributed by atoms with Crippen molar-refractivity contribution in [2.24, 2.45) is 0 Å². The molecule has 0 bridgehead atoms. The molecular weight excluding hydrogens is 236 g/mol. The van der Waals surface area contributed by atoms with Gasteiger partial charge in [0.05, 0.1) is 8.45 Å². The molecule has 0 fully saturated rings. The van der Waals surface area contributed by atoms with Gasteiger partial charge >= 0.3 is 0 Å². The van der Waals surface area contributed by atoms with Gasteiger partial charge in [-0.2, -0.15) is 0 Å². The van der Waals surface area contributed by atoms with Gasteiger partial charge in [-0.25, -0.2) is 0 Å². The van der Waals surface area contributed by atoms with Crippen molar-refractivity contribution in [3.8, 4) is 0 Å². The third-order valence-electron chi connectivity index (χ3n) is 2.87. The van der Waals surface area contributed by atoms with Gasteiger partial charge < -0.3 is 9.83 Å². The molecule has 0 saturated carbocycles. The molecule has 0 aliphatic rings. The number of pyridine rings is 1. The zero-order chi connectivity index (χ0) is 15.0. The second-order valence-corrected chi connectivity index (χ2v) is 4.00. The minimum Gasteiger partial charge on any atom is -0.455 e. The van der Waals surface area contributed by atoms with Crippen LogP contribution in [-0.2, 0) is 0 Å². The van der Waals surface area contributed by atoms with Crippen molar-refractivity contribution >= 4 is 27.7 Å². The van der Waals surface area contributed by atoms with Gasteiger partial charge in [0, 0.05) is 28.7 Å². The molecule has 0 radical (unpaired) electrons. The fourth-order valence-electron chi connectivity index (χ4n) is 2.03. The highest BCUT2D eigenvalue weighted by atomic mass is 16.3. The summed E-state index contributed by atoms with van der Waals surface area (Å²) in [4.78, 5) is 4.08. The van der Waals surface area contributed by atoms with Gasteiger partial charge in [0.25, 0.3) is 0 Å². The predicted molar refractivity (Wildman–Crippen MR) is 77.7 cm³/mol. The average Bonchev–Trinajstić information content (AvgIpc) is 2.91. The third kappa shape index (κ3) is 1.85. The van der Waals surface area contributed by atoms with Crippen LogP contribution in [0, 0.1) is 5.41 Å². The van der Waals surface area contributed by atoms with Crippen molar-refractivity contribution in [3.63, 3.8) is 0 Å². The van der Waals surface area contributed by atoms with Gasteiger partial charge in [-0.1, -0.05) is 30.8 Å². The maximum absolute atomic E-state index is 8.14. The lowest BCUT2D eigenvalue weighted by atomic mass is 10.1. The molecule has 0 aliphatic carbocycles. The Hall–Kier alpha value is -2.68. The number of nitrogens with zero attached hydrogens (tertiary/aromatic N) is 1. The Balaban J connectivity index is 2.29. The molecule has 3 heteroatoms. The molecule has 2 aromatic heterocycles. The maximum Gasteiger partial charge on any atom is 0.144 e. The number of aromatic nitrogens is 1. The highest BCUT2D eigenvalue weighted by Crippen LogP contribution is 2.30. The summed E-state index contributed by atoms with van der Waals surface area (Å²) in [5.41, 5.74) is 1.65. The third-order valence-corrected chi connectivity index (χ3v) is 2.87. The summed E-state index contributed by atoms with van der Waals surface area (Å²) in [5.74, 6) is 0. The Bertz CT molecular complexity index is 909. The zero-order valence-corrected chi connectivity index (χ0v) is 10.1. The summed E-state index contributed by atoms with van der Waals surface area (Å²) in [5, 5.41) is 9.85. The van der Waals surface area contributed by atoms with Crippen LogP contribution in [0.4, 0.5) is 0 Å². The van der Waals surface area contributed by atoms with Crippen LogP contribution in [0.15, 0.2) is 65.8 Å². The summed E-state index contributed by atoms with van der Waals surface area (Å²) in [6.07, 6.45) is 4.61. The number of rotatable bonds is 3. The lowest BCUT2D eigenvalue weighted by molar-refractivity contribution is 0.667. The smallest absolute Gasteiger partial charge is 0.144 e. The molecule has 0 unspecified atom stereocenters. The molecule has 2 heterocycles. The van der Waals surface area contributed by atoms with Crippen molar-refractivity contribution in [3.05, 3.63) is 67.0 Å². The Morgan fingerprint density at radius 2 is 2.26 bits per heavy atom. The fraction of sp³-hybridized carbons (Fsp3) is 0. The number of allylic oxidation sites excluding steroid dienone is 3. The van der Waals surface area contributed by atoms with E-state index < -0.39 is 0 Å². The second-order valence-electron chi connectivity index (χ2n) is 4.00. The minimum absolute atomic E-state index is 0.0579. The van der Waals surface area contributed by atoms with E-state index in [1.54, 1.807) is 30.6 Å². The Morgan fingerprint density at radius 3 is 3.11 bits per heavy atom. The van der Waals surface area contributed by atoms with Crippen LogP contribution in [0.5, 0.6) is 0 Å². The monoisotopic (exact) mass is 250 g/mol. The van der Waals surface area contributed by atoms with E-state index in [0.717, 1.165) is 10.8 Å². The molecule has 19 heavy (non-hydrogen) atoms. The first-order chi connectivity index (χ1) is 10.1. The quantitative estimate of drug-likeness (QED) is 0.562. The number of nitrogens with one attached hydrogen (secondary N) is 1. The molecule has 1 aromatic carbocycles. The topological polar surface area (TPSA) is 49.9 Å². The van der Waals surface area contributed by atoms with Crippen molar-refractivity contribution in [1.29, 1.82) is 5.41 Å². The predicted octanol–water partition coefficient (Wildman–Crippen LogP) is 4.09. The van der Waals surface area contributed by atoms with E-state index in [-0.39, 0.29) is 17.8 Å². The van der Waals surface area contributed by atoms with Gasteiger partial charge in [0.15, 0.2) is 0 Å². The number of hydrogen-bond acceptors (Lipinski definition) is 3. The highest BCUT2D eigenvalue weighted by molar-refractivity contribution is 6.17. The number of hydrogen-bond donors (Lipinski definition) is 1. The largest absolute Gasteiger partial charge is 0.455 e. The summed E-state index contributed by atoms with van der Waals surface area (Å²) in [6.45, 7) is 3.46. The van der Waals surface area contributed by atoms with E-state index in [1.165, 1.54) is 6.08 Å². The van der Waals surface area contributed by atoms with Gasteiger partial charge in [0.1, 0.15) is 11.2 Å². The normalized spacial score (nSPS) is 13.9. The SMILES string of the molecule is [2H]/C(C=C)=C(\[2H])C(=N)c1cccc2c1oc1ccncc12. The molecular formula is C16H12N2O. The Labute approximate surface area is 113 Å². The van der Waals surface area contributed by atoms with Gasteiger partial charge in [-0.15, -0.1) is 0 Å². The Kier molecular flexibility index (Phi) is 2.21. The fourth-order valence-corrected chi connectivity index (χ4v) is 2.03. The first kappa shape index (κ1) is 9.28. The van der Waals surface area contributed by atoms with E-state index in [4.69, 9.17) is 12.6 Å². The number of para-hydroxylation sites is 1. The molecule has 0 amide bonds. The molecule has 0 spiro atoms. The van der Waals surface area contributed by atoms with E-state index >= 15 is 0 Å². The highest BCUT2D eigenvalue weighted by Gasteiger charge is 2.11. The van der Waals surface area contributed by atoms with Crippen LogP contribution < -0.4 is 0 Å². The van der Waals surface area contributed by atoms with Crippen LogP contribution in [0.25, 0.3) is 21.9 Å². The van der Waals surface area contributed by atoms with E-state index in [2.05, 4.69) is 11.6 Å². The van der Waals surface area contributed by atoms with E-state index in [9.17, 15) is 0 Å². The van der Waals surface area contributed by atoms with Crippen molar-refractivity contribution in [2.45, 2.75) is 0 Å². The maximum atomic E-state index is 8.14. The average molecular weight is 250 g/mol. The van der Waals surface area contributed by atoms with Crippen molar-refractivity contribution in [1.82, 2.24) is 4.98 Å². The summed E-state index contributed by atoms with van der Waals surface area (Å²) >= 11 is 0. The molecule has 0 saturated heterocycles. The van der Waals surface area contributed by atoms with Crippen LogP contribution in [0.1, 0.15) is 8.30 Å². The van der Waals surface area contributed by atoms with Crippen LogP contribution in [0.3, 0.4) is 0 Å². The lowest BCUT2D eigenvalue weighted by Gasteiger charge is -1.99. The van der Waals surface area contributed by atoms with Crippen LogP contribution in [0.2, 0.25) is 0 Å². The lowest BCUT2D eigenvalue weighted by Crippen LogP contribution is -1.94. The zero-order valence-electron chi connectivity index (χ0n) is 12.1. The first-order valence-electron chi connectivity index (χ1n) is 6.78. The summed E-state index contributed by atoms with van der Waals surface area (Å²) in [7, 11) is 0. The summed E-state index contributed by atoms with van der Waals surface area (Å²) < 4.78 is 21.3. The minimum atomic E-state index is -0.184.